The van der Waals surface area contributed by atoms with E-state index in [0.717, 1.165) is 17.9 Å². The fourth-order valence-corrected chi connectivity index (χ4v) is 5.13. The molecule has 1 aliphatic rings. The molecule has 1 saturated heterocycles. The van der Waals surface area contributed by atoms with Crippen LogP contribution in [0.5, 0.6) is 0 Å². The quantitative estimate of drug-likeness (QED) is 0.867. The highest BCUT2D eigenvalue weighted by Gasteiger charge is 2.28. The van der Waals surface area contributed by atoms with Gasteiger partial charge in [0.25, 0.3) is 10.0 Å². The number of nitrogens with zero attached hydrogens (tertiary/aromatic N) is 3. The van der Waals surface area contributed by atoms with Gasteiger partial charge in [0.2, 0.25) is 5.03 Å². The summed E-state index contributed by atoms with van der Waals surface area (Å²) in [5.41, 5.74) is 0. The average Bonchev–Trinajstić information content (AvgIpc) is 2.76. The molecule has 1 aromatic heterocycles. The Morgan fingerprint density at radius 3 is 2.88 bits per heavy atom. The van der Waals surface area contributed by atoms with Crippen LogP contribution in [-0.2, 0) is 17.1 Å². The minimum absolute atomic E-state index is 0.0109. The number of rotatable bonds is 3. The van der Waals surface area contributed by atoms with Crippen LogP contribution in [0.3, 0.4) is 0 Å². The topological polar surface area (TPSA) is 76.9 Å². The number of aryl methyl sites for hydroxylation is 1. The lowest BCUT2D eigenvalue weighted by Gasteiger charge is -2.11. The maximum atomic E-state index is 12.0. The van der Waals surface area contributed by atoms with Crippen LogP contribution in [0.2, 0.25) is 0 Å². The molecule has 0 radical (unpaired) electrons. The molecule has 1 fully saturated rings. The maximum absolute atomic E-state index is 12.0. The van der Waals surface area contributed by atoms with Gasteiger partial charge in [0, 0.05) is 18.8 Å². The number of hydrogen-bond donors (Lipinski definition) is 1. The van der Waals surface area contributed by atoms with E-state index in [1.54, 1.807) is 18.8 Å². The van der Waals surface area contributed by atoms with E-state index in [4.69, 9.17) is 0 Å². The summed E-state index contributed by atoms with van der Waals surface area (Å²) in [5, 5.41) is 7.39. The van der Waals surface area contributed by atoms with Gasteiger partial charge in [0.15, 0.2) is 4.60 Å². The summed E-state index contributed by atoms with van der Waals surface area (Å²) in [4.78, 5) is 0. The molecule has 0 aliphatic carbocycles. The highest BCUT2D eigenvalue weighted by atomic mass is 79.9. The largest absolute Gasteiger partial charge is 0.260 e. The van der Waals surface area contributed by atoms with Gasteiger partial charge in [-0.1, -0.05) is 5.21 Å². The number of nitrogens with one attached hydrogen (secondary N) is 1. The first-order valence-corrected chi connectivity index (χ1v) is 8.09. The Morgan fingerprint density at radius 2 is 2.38 bits per heavy atom. The summed E-state index contributed by atoms with van der Waals surface area (Å²) in [6.45, 7) is 0. The summed E-state index contributed by atoms with van der Waals surface area (Å²) in [6.07, 6.45) is 0.868. The zero-order chi connectivity index (χ0) is 11.8. The fraction of sp³-hybridized carbons (Fsp3) is 0.714. The molecule has 90 valence electrons. The standard InChI is InChI=1S/C7H11BrN4O2S2/c1-12-7(6(8)9-11-12)16(13,14)10-5-2-3-15-4-5/h5,10H,2-4H2,1H3. The van der Waals surface area contributed by atoms with E-state index in [0.29, 0.717) is 0 Å². The molecule has 16 heavy (non-hydrogen) atoms. The summed E-state index contributed by atoms with van der Waals surface area (Å²) >= 11 is 4.84. The lowest BCUT2D eigenvalue weighted by Crippen LogP contribution is -2.35. The van der Waals surface area contributed by atoms with Crippen molar-refractivity contribution >= 4 is 37.7 Å². The average molecular weight is 327 g/mol. The third kappa shape index (κ3) is 2.41. The number of hydrogen-bond acceptors (Lipinski definition) is 5. The van der Waals surface area contributed by atoms with E-state index in [1.807, 2.05) is 0 Å². The van der Waals surface area contributed by atoms with E-state index in [2.05, 4.69) is 31.0 Å². The molecule has 1 aliphatic heterocycles. The van der Waals surface area contributed by atoms with Crippen molar-refractivity contribution in [2.24, 2.45) is 7.05 Å². The highest BCUT2D eigenvalue weighted by molar-refractivity contribution is 9.10. The molecule has 1 unspecified atom stereocenters. The first kappa shape index (κ1) is 12.3. The fourth-order valence-electron chi connectivity index (χ4n) is 1.51. The molecular weight excluding hydrogens is 316 g/mol. The monoisotopic (exact) mass is 326 g/mol. The van der Waals surface area contributed by atoms with Crippen molar-refractivity contribution in [1.82, 2.24) is 19.7 Å². The predicted molar refractivity (Wildman–Crippen MR) is 64.8 cm³/mol. The molecular formula is C7H11BrN4O2S2. The lowest BCUT2D eigenvalue weighted by molar-refractivity contribution is 0.545. The Bertz CT molecular complexity index is 461. The second-order valence-electron chi connectivity index (χ2n) is 3.49. The third-order valence-electron chi connectivity index (χ3n) is 2.24. The lowest BCUT2D eigenvalue weighted by atomic mass is 10.3. The van der Waals surface area contributed by atoms with Gasteiger partial charge in [0.1, 0.15) is 0 Å². The SMILES string of the molecule is Cn1nnc(Br)c1S(=O)(=O)NC1CCSC1. The van der Waals surface area contributed by atoms with Crippen LogP contribution in [0.4, 0.5) is 0 Å². The van der Waals surface area contributed by atoms with E-state index < -0.39 is 10.0 Å². The number of sulfonamides is 1. The summed E-state index contributed by atoms with van der Waals surface area (Å²) in [6, 6.07) is 0.0109. The van der Waals surface area contributed by atoms with E-state index >= 15 is 0 Å². The van der Waals surface area contributed by atoms with E-state index in [1.165, 1.54) is 4.68 Å². The Kier molecular flexibility index (Phi) is 3.57. The molecule has 6 nitrogen and oxygen atoms in total. The molecule has 1 aromatic rings. The van der Waals surface area contributed by atoms with Gasteiger partial charge >= 0.3 is 0 Å². The van der Waals surface area contributed by atoms with Crippen molar-refractivity contribution in [2.75, 3.05) is 11.5 Å². The second kappa shape index (κ2) is 4.63. The molecule has 9 heteroatoms. The van der Waals surface area contributed by atoms with Gasteiger partial charge in [-0.3, -0.25) is 0 Å². The zero-order valence-electron chi connectivity index (χ0n) is 8.55. The summed E-state index contributed by atoms with van der Waals surface area (Å²) in [5.74, 6) is 1.82. The van der Waals surface area contributed by atoms with Gasteiger partial charge in [-0.25, -0.2) is 17.8 Å². The number of halogens is 1. The number of thioether (sulfide) groups is 1. The van der Waals surface area contributed by atoms with Crippen LogP contribution >= 0.6 is 27.7 Å². The van der Waals surface area contributed by atoms with Gasteiger partial charge in [0.05, 0.1) is 0 Å². The van der Waals surface area contributed by atoms with E-state index in [9.17, 15) is 8.42 Å². The maximum Gasteiger partial charge on any atom is 0.260 e. The van der Waals surface area contributed by atoms with Gasteiger partial charge in [-0.05, 0) is 28.1 Å². The molecule has 0 bridgehead atoms. The molecule has 1 atom stereocenters. The van der Waals surface area contributed by atoms with Crippen molar-refractivity contribution in [3.63, 3.8) is 0 Å². The Morgan fingerprint density at radius 1 is 1.62 bits per heavy atom. The van der Waals surface area contributed by atoms with Crippen molar-refractivity contribution in [2.45, 2.75) is 17.5 Å². The van der Waals surface area contributed by atoms with Crippen molar-refractivity contribution < 1.29 is 8.42 Å². The molecule has 2 heterocycles. The summed E-state index contributed by atoms with van der Waals surface area (Å²) in [7, 11) is -1.98. The molecule has 1 N–H and O–H groups in total. The summed E-state index contributed by atoms with van der Waals surface area (Å²) < 4.78 is 28.2. The van der Waals surface area contributed by atoms with Crippen molar-refractivity contribution in [1.29, 1.82) is 0 Å². The molecule has 0 amide bonds. The Hall–Kier alpha value is -0.120. The minimum Gasteiger partial charge on any atom is -0.235 e. The minimum atomic E-state index is -3.53. The first-order chi connectivity index (χ1) is 7.50. The molecule has 0 aromatic carbocycles. The molecule has 0 spiro atoms. The van der Waals surface area contributed by atoms with Gasteiger partial charge < -0.3 is 0 Å². The van der Waals surface area contributed by atoms with Crippen LogP contribution in [-0.4, -0.2) is 41.0 Å². The number of aromatic nitrogens is 3. The van der Waals surface area contributed by atoms with Gasteiger partial charge in [-0.15, -0.1) is 5.10 Å². The van der Waals surface area contributed by atoms with Crippen molar-refractivity contribution in [3.8, 4) is 0 Å². The normalized spacial score (nSPS) is 21.5. The van der Waals surface area contributed by atoms with E-state index in [-0.39, 0.29) is 15.7 Å². The van der Waals surface area contributed by atoms with Gasteiger partial charge in [-0.2, -0.15) is 11.8 Å². The van der Waals surface area contributed by atoms with Crippen LogP contribution in [0.15, 0.2) is 9.63 Å². The van der Waals surface area contributed by atoms with Crippen LogP contribution in [0.25, 0.3) is 0 Å². The highest BCUT2D eigenvalue weighted by Crippen LogP contribution is 2.22. The van der Waals surface area contributed by atoms with Crippen molar-refractivity contribution in [3.05, 3.63) is 4.60 Å². The smallest absolute Gasteiger partial charge is 0.235 e. The molecule has 0 saturated carbocycles. The zero-order valence-corrected chi connectivity index (χ0v) is 11.8. The Labute approximate surface area is 106 Å². The van der Waals surface area contributed by atoms with Crippen LogP contribution < -0.4 is 4.72 Å². The van der Waals surface area contributed by atoms with Crippen LogP contribution in [0, 0.1) is 0 Å². The second-order valence-corrected chi connectivity index (χ2v) is 7.02. The Balaban J connectivity index is 2.25. The predicted octanol–water partition coefficient (Wildman–Crippen LogP) is 0.361. The molecule has 2 rings (SSSR count). The van der Waals surface area contributed by atoms with Crippen LogP contribution in [0.1, 0.15) is 6.42 Å². The third-order valence-corrected chi connectivity index (χ3v) is 5.81. The first-order valence-electron chi connectivity index (χ1n) is 4.66.